The van der Waals surface area contributed by atoms with Gasteiger partial charge in [0, 0.05) is 13.1 Å². The number of carbonyl (C=O) groups excluding carboxylic acids is 1. The molecule has 0 spiro atoms. The highest BCUT2D eigenvalue weighted by atomic mass is 19.1. The molecule has 0 saturated carbocycles. The highest BCUT2D eigenvalue weighted by molar-refractivity contribution is 5.94. The summed E-state index contributed by atoms with van der Waals surface area (Å²) in [7, 11) is 0. The summed E-state index contributed by atoms with van der Waals surface area (Å²) in [6.07, 6.45) is 0. The number of benzene rings is 2. The summed E-state index contributed by atoms with van der Waals surface area (Å²) in [6, 6.07) is 12.3. The van der Waals surface area contributed by atoms with Crippen molar-refractivity contribution in [3.05, 3.63) is 82.7 Å². The molecule has 0 radical (unpaired) electrons. The Morgan fingerprint density at radius 3 is 1.96 bits per heavy atom. The van der Waals surface area contributed by atoms with E-state index in [0.29, 0.717) is 24.5 Å². The lowest BCUT2D eigenvalue weighted by Gasteiger charge is -2.25. The van der Waals surface area contributed by atoms with E-state index in [9.17, 15) is 13.6 Å². The van der Waals surface area contributed by atoms with Crippen LogP contribution >= 0.6 is 0 Å². The third-order valence-corrected chi connectivity index (χ3v) is 4.27. The number of carbonyl (C=O) groups is 1. The molecule has 0 aliphatic heterocycles. The van der Waals surface area contributed by atoms with Gasteiger partial charge in [-0.15, -0.1) is 0 Å². The van der Waals surface area contributed by atoms with Gasteiger partial charge in [-0.25, -0.2) is 13.6 Å². The SMILES string of the molecule is CCOC(=O)c1n[nH]c(C)c1N(Cc1ccc(F)cc1)Cc1ccc(F)cc1. The Labute approximate surface area is 161 Å². The van der Waals surface area contributed by atoms with Crippen LogP contribution in [0.1, 0.15) is 34.2 Å². The van der Waals surface area contributed by atoms with Crippen LogP contribution in [-0.4, -0.2) is 22.8 Å². The zero-order valence-electron chi connectivity index (χ0n) is 15.7. The second-order valence-corrected chi connectivity index (χ2v) is 6.38. The molecule has 0 amide bonds. The molecule has 0 unspecified atom stereocenters. The minimum Gasteiger partial charge on any atom is -0.461 e. The van der Waals surface area contributed by atoms with Crippen molar-refractivity contribution in [3.63, 3.8) is 0 Å². The Hall–Kier alpha value is -3.22. The van der Waals surface area contributed by atoms with Crippen molar-refractivity contribution in [1.82, 2.24) is 10.2 Å². The van der Waals surface area contributed by atoms with Crippen molar-refractivity contribution in [1.29, 1.82) is 0 Å². The number of esters is 1. The maximum absolute atomic E-state index is 13.3. The standard InChI is InChI=1S/C21H21F2N3O2/c1-3-28-21(27)19-20(14(2)24-25-19)26(12-15-4-8-17(22)9-5-15)13-16-6-10-18(23)11-7-16/h4-11H,3,12-13H2,1-2H3,(H,24,25). The molecule has 1 aromatic heterocycles. The minimum absolute atomic E-state index is 0.184. The smallest absolute Gasteiger partial charge is 0.361 e. The Morgan fingerprint density at radius 1 is 1.00 bits per heavy atom. The molecule has 0 bridgehead atoms. The van der Waals surface area contributed by atoms with Gasteiger partial charge in [0.05, 0.1) is 18.0 Å². The number of hydrogen-bond donors (Lipinski definition) is 1. The van der Waals surface area contributed by atoms with E-state index in [2.05, 4.69) is 10.2 Å². The van der Waals surface area contributed by atoms with Crippen molar-refractivity contribution < 1.29 is 18.3 Å². The second-order valence-electron chi connectivity index (χ2n) is 6.38. The number of halogens is 2. The molecule has 3 aromatic rings. The van der Waals surface area contributed by atoms with E-state index in [1.807, 2.05) is 11.8 Å². The Morgan fingerprint density at radius 2 is 1.50 bits per heavy atom. The van der Waals surface area contributed by atoms with Gasteiger partial charge in [-0.2, -0.15) is 5.10 Å². The molecule has 0 aliphatic carbocycles. The van der Waals surface area contributed by atoms with Crippen LogP contribution in [0.4, 0.5) is 14.5 Å². The number of rotatable bonds is 7. The van der Waals surface area contributed by atoms with E-state index < -0.39 is 5.97 Å². The number of nitrogens with zero attached hydrogens (tertiary/aromatic N) is 2. The zero-order chi connectivity index (χ0) is 20.1. The predicted molar refractivity (Wildman–Crippen MR) is 102 cm³/mol. The first kappa shape index (κ1) is 19.5. The Bertz CT molecular complexity index is 890. The van der Waals surface area contributed by atoms with Gasteiger partial charge in [0.1, 0.15) is 11.6 Å². The van der Waals surface area contributed by atoms with E-state index in [4.69, 9.17) is 4.74 Å². The van der Waals surface area contributed by atoms with Gasteiger partial charge in [0.25, 0.3) is 0 Å². The number of anilines is 1. The summed E-state index contributed by atoms with van der Waals surface area (Å²) in [5.74, 6) is -1.16. The number of aromatic nitrogens is 2. The number of aryl methyl sites for hydroxylation is 1. The quantitative estimate of drug-likeness (QED) is 0.613. The number of H-pyrrole nitrogens is 1. The average Bonchev–Trinajstić information content (AvgIpc) is 3.06. The molecule has 0 aliphatic rings. The van der Waals surface area contributed by atoms with Crippen molar-refractivity contribution in [2.75, 3.05) is 11.5 Å². The van der Waals surface area contributed by atoms with Crippen LogP contribution in [0.5, 0.6) is 0 Å². The molecule has 5 nitrogen and oxygen atoms in total. The third kappa shape index (κ3) is 4.54. The molecule has 0 fully saturated rings. The van der Waals surface area contributed by atoms with E-state index in [-0.39, 0.29) is 23.9 Å². The van der Waals surface area contributed by atoms with Gasteiger partial charge < -0.3 is 9.64 Å². The molecule has 1 heterocycles. The molecule has 3 rings (SSSR count). The van der Waals surface area contributed by atoms with Crippen LogP contribution in [0, 0.1) is 18.6 Å². The maximum atomic E-state index is 13.3. The molecule has 0 atom stereocenters. The first-order chi connectivity index (χ1) is 13.5. The molecular formula is C21H21F2N3O2. The molecule has 146 valence electrons. The molecule has 1 N–H and O–H groups in total. The number of hydrogen-bond acceptors (Lipinski definition) is 4. The van der Waals surface area contributed by atoms with Gasteiger partial charge in [-0.3, -0.25) is 5.10 Å². The van der Waals surface area contributed by atoms with Crippen LogP contribution in [0.2, 0.25) is 0 Å². The first-order valence-corrected chi connectivity index (χ1v) is 8.94. The molecule has 2 aromatic carbocycles. The maximum Gasteiger partial charge on any atom is 0.361 e. The fraction of sp³-hybridized carbons (Fsp3) is 0.238. The normalized spacial score (nSPS) is 10.7. The van der Waals surface area contributed by atoms with Gasteiger partial charge in [0.15, 0.2) is 5.69 Å². The van der Waals surface area contributed by atoms with Gasteiger partial charge in [-0.05, 0) is 49.2 Å². The van der Waals surface area contributed by atoms with Crippen molar-refractivity contribution in [2.24, 2.45) is 0 Å². The largest absolute Gasteiger partial charge is 0.461 e. The fourth-order valence-electron chi connectivity index (χ4n) is 2.99. The van der Waals surface area contributed by atoms with Crippen molar-refractivity contribution in [2.45, 2.75) is 26.9 Å². The molecule has 0 saturated heterocycles. The topological polar surface area (TPSA) is 58.2 Å². The zero-order valence-corrected chi connectivity index (χ0v) is 15.7. The lowest BCUT2D eigenvalue weighted by Crippen LogP contribution is -2.25. The van der Waals surface area contributed by atoms with Crippen LogP contribution in [0.3, 0.4) is 0 Å². The Balaban J connectivity index is 1.98. The third-order valence-electron chi connectivity index (χ3n) is 4.27. The number of aromatic amines is 1. The summed E-state index contributed by atoms with van der Waals surface area (Å²) >= 11 is 0. The van der Waals surface area contributed by atoms with Gasteiger partial charge >= 0.3 is 5.97 Å². The highest BCUT2D eigenvalue weighted by Gasteiger charge is 2.24. The lowest BCUT2D eigenvalue weighted by molar-refractivity contribution is 0.0520. The highest BCUT2D eigenvalue weighted by Crippen LogP contribution is 2.27. The summed E-state index contributed by atoms with van der Waals surface area (Å²) in [5.41, 5.74) is 3.21. The van der Waals surface area contributed by atoms with E-state index >= 15 is 0 Å². The molecular weight excluding hydrogens is 364 g/mol. The van der Waals surface area contributed by atoms with Crippen LogP contribution in [0.15, 0.2) is 48.5 Å². The van der Waals surface area contributed by atoms with Crippen LogP contribution in [0.25, 0.3) is 0 Å². The van der Waals surface area contributed by atoms with Crippen LogP contribution < -0.4 is 4.90 Å². The summed E-state index contributed by atoms with van der Waals surface area (Å²) < 4.78 is 31.7. The van der Waals surface area contributed by atoms with Crippen molar-refractivity contribution >= 4 is 11.7 Å². The van der Waals surface area contributed by atoms with E-state index in [1.165, 1.54) is 24.3 Å². The predicted octanol–water partition coefficient (Wildman–Crippen LogP) is 4.38. The number of ether oxygens (including phenoxy) is 1. The molecule has 7 heteroatoms. The Kier molecular flexibility index (Phi) is 6.03. The van der Waals surface area contributed by atoms with Gasteiger partial charge in [0.2, 0.25) is 0 Å². The summed E-state index contributed by atoms with van der Waals surface area (Å²) in [6.45, 7) is 4.59. The van der Waals surface area contributed by atoms with E-state index in [0.717, 1.165) is 11.1 Å². The summed E-state index contributed by atoms with van der Waals surface area (Å²) in [4.78, 5) is 14.3. The van der Waals surface area contributed by atoms with E-state index in [1.54, 1.807) is 31.2 Å². The average molecular weight is 385 g/mol. The van der Waals surface area contributed by atoms with Crippen molar-refractivity contribution in [3.8, 4) is 0 Å². The monoisotopic (exact) mass is 385 g/mol. The fourth-order valence-corrected chi connectivity index (χ4v) is 2.99. The molecule has 28 heavy (non-hydrogen) atoms. The minimum atomic E-state index is -0.523. The second kappa shape index (κ2) is 8.65. The first-order valence-electron chi connectivity index (χ1n) is 8.94. The number of nitrogens with one attached hydrogen (secondary N) is 1. The van der Waals surface area contributed by atoms with Gasteiger partial charge in [-0.1, -0.05) is 24.3 Å². The van der Waals surface area contributed by atoms with Crippen LogP contribution in [-0.2, 0) is 17.8 Å². The lowest BCUT2D eigenvalue weighted by atomic mass is 10.1. The summed E-state index contributed by atoms with van der Waals surface area (Å²) in [5, 5.41) is 6.94.